The van der Waals surface area contributed by atoms with E-state index < -0.39 is 0 Å². The monoisotopic (exact) mass is 286 g/mol. The molecule has 0 radical (unpaired) electrons. The minimum Gasteiger partial charge on any atom is -0.384 e. The lowest BCUT2D eigenvalue weighted by molar-refractivity contribution is 0.0924. The van der Waals surface area contributed by atoms with Crippen molar-refractivity contribution < 1.29 is 4.79 Å². The number of carbonyl (C=O) groups is 1. The van der Waals surface area contributed by atoms with Gasteiger partial charge in [0.2, 0.25) is 0 Å². The number of rotatable bonds is 3. The van der Waals surface area contributed by atoms with Crippen LogP contribution in [0, 0.1) is 5.92 Å². The van der Waals surface area contributed by atoms with Gasteiger partial charge in [0.05, 0.1) is 0 Å². The van der Waals surface area contributed by atoms with Crippen LogP contribution in [0.25, 0.3) is 0 Å². The summed E-state index contributed by atoms with van der Waals surface area (Å²) in [5.41, 5.74) is 3.23. The molecule has 0 unspecified atom stereocenters. The van der Waals surface area contributed by atoms with E-state index >= 15 is 0 Å². The second-order valence-corrected chi connectivity index (χ2v) is 6.56. The zero-order valence-corrected chi connectivity index (χ0v) is 13.0. The van der Waals surface area contributed by atoms with E-state index in [1.807, 2.05) is 12.1 Å². The summed E-state index contributed by atoms with van der Waals surface area (Å²) in [6, 6.07) is 6.32. The van der Waals surface area contributed by atoms with E-state index in [1.54, 1.807) is 0 Å². The van der Waals surface area contributed by atoms with Crippen molar-refractivity contribution in [3.05, 3.63) is 29.3 Å². The van der Waals surface area contributed by atoms with Gasteiger partial charge in [-0.05, 0) is 49.8 Å². The van der Waals surface area contributed by atoms with Crippen LogP contribution in [0.1, 0.15) is 61.4 Å². The summed E-state index contributed by atoms with van der Waals surface area (Å²) in [6.45, 7) is 3.15. The molecule has 3 rings (SSSR count). The van der Waals surface area contributed by atoms with Crippen molar-refractivity contribution in [1.29, 1.82) is 0 Å². The largest absolute Gasteiger partial charge is 0.384 e. The SMILES string of the molecule is C[C@@H](NC(=O)c1ccc2c(c1)NCC2)C1CCCCCC1. The van der Waals surface area contributed by atoms with Gasteiger partial charge in [0.15, 0.2) is 0 Å². The molecule has 0 saturated heterocycles. The highest BCUT2D eigenvalue weighted by Gasteiger charge is 2.21. The highest BCUT2D eigenvalue weighted by atomic mass is 16.1. The van der Waals surface area contributed by atoms with E-state index in [9.17, 15) is 4.79 Å². The van der Waals surface area contributed by atoms with Crippen LogP contribution < -0.4 is 10.6 Å². The molecule has 1 saturated carbocycles. The number of benzene rings is 1. The Kier molecular flexibility index (Phi) is 4.47. The van der Waals surface area contributed by atoms with Gasteiger partial charge in [-0.15, -0.1) is 0 Å². The van der Waals surface area contributed by atoms with Crippen molar-refractivity contribution in [1.82, 2.24) is 5.32 Å². The second-order valence-electron chi connectivity index (χ2n) is 6.56. The second kappa shape index (κ2) is 6.50. The zero-order chi connectivity index (χ0) is 14.7. The minimum atomic E-state index is 0.0725. The van der Waals surface area contributed by atoms with E-state index in [1.165, 1.54) is 44.1 Å². The topological polar surface area (TPSA) is 41.1 Å². The Hall–Kier alpha value is -1.51. The smallest absolute Gasteiger partial charge is 0.251 e. The van der Waals surface area contributed by atoms with Gasteiger partial charge in [-0.1, -0.05) is 31.7 Å². The van der Waals surface area contributed by atoms with Crippen LogP contribution in [-0.2, 0) is 6.42 Å². The van der Waals surface area contributed by atoms with E-state index in [0.717, 1.165) is 24.2 Å². The molecule has 21 heavy (non-hydrogen) atoms. The van der Waals surface area contributed by atoms with Crippen LogP contribution in [0.3, 0.4) is 0 Å². The van der Waals surface area contributed by atoms with Gasteiger partial charge >= 0.3 is 0 Å². The fraction of sp³-hybridized carbons (Fsp3) is 0.611. The van der Waals surface area contributed by atoms with E-state index in [4.69, 9.17) is 0 Å². The van der Waals surface area contributed by atoms with Gasteiger partial charge in [-0.3, -0.25) is 4.79 Å². The predicted molar refractivity (Wildman–Crippen MR) is 86.8 cm³/mol. The van der Waals surface area contributed by atoms with E-state index in [-0.39, 0.29) is 11.9 Å². The van der Waals surface area contributed by atoms with Gasteiger partial charge in [0.25, 0.3) is 5.91 Å². The molecule has 3 nitrogen and oxygen atoms in total. The van der Waals surface area contributed by atoms with Crippen LogP contribution in [0.4, 0.5) is 5.69 Å². The van der Waals surface area contributed by atoms with Crippen molar-refractivity contribution in [2.45, 2.75) is 57.9 Å². The Bertz CT molecular complexity index is 504. The lowest BCUT2D eigenvalue weighted by Gasteiger charge is -2.23. The first-order valence-corrected chi connectivity index (χ1v) is 8.42. The van der Waals surface area contributed by atoms with E-state index in [2.05, 4.69) is 23.6 Å². The summed E-state index contributed by atoms with van der Waals surface area (Å²) in [5, 5.41) is 6.56. The summed E-state index contributed by atoms with van der Waals surface area (Å²) in [5.74, 6) is 0.715. The third kappa shape index (κ3) is 3.39. The average Bonchev–Trinajstić information content (AvgIpc) is 2.78. The molecule has 1 atom stereocenters. The molecule has 1 aromatic carbocycles. The molecule has 1 heterocycles. The molecule has 0 spiro atoms. The highest BCUT2D eigenvalue weighted by Crippen LogP contribution is 2.26. The van der Waals surface area contributed by atoms with Crippen LogP contribution in [0.5, 0.6) is 0 Å². The Morgan fingerprint density at radius 3 is 2.76 bits per heavy atom. The molecule has 3 heteroatoms. The molecule has 0 bridgehead atoms. The third-order valence-electron chi connectivity index (χ3n) is 5.05. The molecule has 1 amide bonds. The average molecular weight is 286 g/mol. The van der Waals surface area contributed by atoms with Crippen LogP contribution in [0.15, 0.2) is 18.2 Å². The Balaban J connectivity index is 1.62. The van der Waals surface area contributed by atoms with Gasteiger partial charge in [-0.2, -0.15) is 0 Å². The van der Waals surface area contributed by atoms with Crippen molar-refractivity contribution in [3.8, 4) is 0 Å². The van der Waals surface area contributed by atoms with Gasteiger partial charge in [0.1, 0.15) is 0 Å². The number of hydrogen-bond acceptors (Lipinski definition) is 2. The number of carbonyl (C=O) groups excluding carboxylic acids is 1. The summed E-state index contributed by atoms with van der Waals surface area (Å²) in [6.07, 6.45) is 8.92. The first-order valence-electron chi connectivity index (χ1n) is 8.42. The van der Waals surface area contributed by atoms with Crippen LogP contribution in [0.2, 0.25) is 0 Å². The fourth-order valence-electron chi connectivity index (χ4n) is 3.65. The number of fused-ring (bicyclic) bond motifs is 1. The molecule has 0 aromatic heterocycles. The molecule has 2 N–H and O–H groups in total. The highest BCUT2D eigenvalue weighted by molar-refractivity contribution is 5.95. The van der Waals surface area contributed by atoms with Crippen LogP contribution in [-0.4, -0.2) is 18.5 Å². The normalized spacial score (nSPS) is 20.2. The number of hydrogen-bond donors (Lipinski definition) is 2. The molecule has 1 aliphatic heterocycles. The first-order chi connectivity index (χ1) is 10.2. The van der Waals surface area contributed by atoms with Crippen molar-refractivity contribution >= 4 is 11.6 Å². The Morgan fingerprint density at radius 2 is 2.00 bits per heavy atom. The number of amides is 1. The Morgan fingerprint density at radius 1 is 1.24 bits per heavy atom. The van der Waals surface area contributed by atoms with Crippen LogP contribution >= 0.6 is 0 Å². The lowest BCUT2D eigenvalue weighted by atomic mass is 9.93. The van der Waals surface area contributed by atoms with Gasteiger partial charge in [0, 0.05) is 23.8 Å². The van der Waals surface area contributed by atoms with Gasteiger partial charge in [-0.25, -0.2) is 0 Å². The summed E-state index contributed by atoms with van der Waals surface area (Å²) >= 11 is 0. The maximum atomic E-state index is 12.4. The minimum absolute atomic E-state index is 0.0725. The fourth-order valence-corrected chi connectivity index (χ4v) is 3.65. The third-order valence-corrected chi connectivity index (χ3v) is 5.05. The number of anilines is 1. The van der Waals surface area contributed by atoms with Crippen molar-refractivity contribution in [3.63, 3.8) is 0 Å². The standard InChI is InChI=1S/C18H26N2O/c1-13(14-6-4-2-3-5-7-14)20-18(21)16-9-8-15-10-11-19-17(15)12-16/h8-9,12-14,19H,2-7,10-11H2,1H3,(H,20,21)/t13-/m1/s1. The molecular weight excluding hydrogens is 260 g/mol. The lowest BCUT2D eigenvalue weighted by Crippen LogP contribution is -2.38. The van der Waals surface area contributed by atoms with Crippen molar-refractivity contribution in [2.75, 3.05) is 11.9 Å². The summed E-state index contributed by atoms with van der Waals surface area (Å²) < 4.78 is 0. The molecule has 1 aromatic rings. The molecule has 1 aliphatic carbocycles. The number of nitrogens with one attached hydrogen (secondary N) is 2. The van der Waals surface area contributed by atoms with E-state index in [0.29, 0.717) is 5.92 Å². The first kappa shape index (κ1) is 14.4. The summed E-state index contributed by atoms with van der Waals surface area (Å²) in [4.78, 5) is 12.4. The van der Waals surface area contributed by atoms with Crippen molar-refractivity contribution in [2.24, 2.45) is 5.92 Å². The molecular formula is C18H26N2O. The maximum absolute atomic E-state index is 12.4. The molecule has 1 fully saturated rings. The molecule has 2 aliphatic rings. The predicted octanol–water partition coefficient (Wildman–Crippen LogP) is 3.74. The van der Waals surface area contributed by atoms with Gasteiger partial charge < -0.3 is 10.6 Å². The maximum Gasteiger partial charge on any atom is 0.251 e. The Labute approximate surface area is 127 Å². The molecule has 114 valence electrons. The quantitative estimate of drug-likeness (QED) is 0.831. The zero-order valence-electron chi connectivity index (χ0n) is 13.0. The summed E-state index contributed by atoms with van der Waals surface area (Å²) in [7, 11) is 0.